The van der Waals surface area contributed by atoms with Gasteiger partial charge in [0.05, 0.1) is 5.52 Å². The van der Waals surface area contributed by atoms with Gasteiger partial charge in [0.15, 0.2) is 0 Å². The third-order valence-corrected chi connectivity index (χ3v) is 4.90. The van der Waals surface area contributed by atoms with Crippen LogP contribution in [0.3, 0.4) is 0 Å². The first kappa shape index (κ1) is 15.0. The van der Waals surface area contributed by atoms with Crippen molar-refractivity contribution in [1.29, 1.82) is 0 Å². The molecule has 5 rings (SSSR count). The van der Waals surface area contributed by atoms with Crippen LogP contribution in [0, 0.1) is 6.92 Å². The van der Waals surface area contributed by atoms with Gasteiger partial charge in [0.2, 0.25) is 0 Å². The lowest BCUT2D eigenvalue weighted by atomic mass is 10.1. The SMILES string of the molecule is Cc1ccc2c(c1)N(c1ncnc3ccc(-c4cncnc4)cc13)CC2. The third-order valence-electron chi connectivity index (χ3n) is 4.90. The fourth-order valence-corrected chi connectivity index (χ4v) is 3.60. The molecule has 0 unspecified atom stereocenters. The molecule has 4 aromatic rings. The summed E-state index contributed by atoms with van der Waals surface area (Å²) in [7, 11) is 0. The molecule has 0 atom stereocenters. The zero-order chi connectivity index (χ0) is 17.5. The van der Waals surface area contributed by atoms with Crippen LogP contribution in [0.15, 0.2) is 61.4 Å². The van der Waals surface area contributed by atoms with Gasteiger partial charge in [-0.05, 0) is 48.2 Å². The number of rotatable bonds is 2. The topological polar surface area (TPSA) is 54.8 Å². The van der Waals surface area contributed by atoms with Crippen molar-refractivity contribution in [2.24, 2.45) is 0 Å². The van der Waals surface area contributed by atoms with E-state index in [9.17, 15) is 0 Å². The van der Waals surface area contributed by atoms with Crippen LogP contribution >= 0.6 is 0 Å². The van der Waals surface area contributed by atoms with Crippen LogP contribution in [0.25, 0.3) is 22.0 Å². The van der Waals surface area contributed by atoms with Gasteiger partial charge in [-0.3, -0.25) is 0 Å². The number of benzene rings is 2. The molecular formula is C21H17N5. The minimum absolute atomic E-state index is 0.934. The van der Waals surface area contributed by atoms with E-state index >= 15 is 0 Å². The third kappa shape index (κ3) is 2.40. The van der Waals surface area contributed by atoms with E-state index in [-0.39, 0.29) is 0 Å². The van der Waals surface area contributed by atoms with E-state index < -0.39 is 0 Å². The molecule has 0 radical (unpaired) electrons. The van der Waals surface area contributed by atoms with Crippen molar-refractivity contribution in [1.82, 2.24) is 19.9 Å². The minimum Gasteiger partial charge on any atom is -0.325 e. The number of nitrogens with zero attached hydrogens (tertiary/aromatic N) is 5. The smallest absolute Gasteiger partial charge is 0.144 e. The molecule has 126 valence electrons. The second kappa shape index (κ2) is 5.88. The second-order valence-electron chi connectivity index (χ2n) is 6.59. The molecule has 1 aliphatic rings. The Kier molecular flexibility index (Phi) is 3.38. The Labute approximate surface area is 151 Å². The lowest BCUT2D eigenvalue weighted by molar-refractivity contribution is 0.974. The van der Waals surface area contributed by atoms with Gasteiger partial charge < -0.3 is 4.90 Å². The fourth-order valence-electron chi connectivity index (χ4n) is 3.60. The summed E-state index contributed by atoms with van der Waals surface area (Å²) in [5.41, 5.74) is 6.88. The molecule has 0 fully saturated rings. The van der Waals surface area contributed by atoms with E-state index in [1.54, 1.807) is 12.7 Å². The zero-order valence-corrected chi connectivity index (χ0v) is 14.4. The van der Waals surface area contributed by atoms with Gasteiger partial charge in [-0.15, -0.1) is 0 Å². The maximum Gasteiger partial charge on any atom is 0.144 e. The average Bonchev–Trinajstić information content (AvgIpc) is 3.10. The Balaban J connectivity index is 1.69. The Morgan fingerprint density at radius 1 is 0.885 bits per heavy atom. The van der Waals surface area contributed by atoms with Gasteiger partial charge in [-0.1, -0.05) is 18.2 Å². The van der Waals surface area contributed by atoms with Crippen LogP contribution in [0.5, 0.6) is 0 Å². The Morgan fingerprint density at radius 3 is 2.65 bits per heavy atom. The largest absolute Gasteiger partial charge is 0.325 e. The number of aryl methyl sites for hydroxylation is 1. The number of anilines is 2. The van der Waals surface area contributed by atoms with Crippen molar-refractivity contribution >= 4 is 22.4 Å². The molecule has 3 heterocycles. The molecule has 0 N–H and O–H groups in total. The molecule has 1 aliphatic heterocycles. The van der Waals surface area contributed by atoms with Gasteiger partial charge in [0, 0.05) is 35.6 Å². The Bertz CT molecular complexity index is 1110. The van der Waals surface area contributed by atoms with Crippen LogP contribution in [-0.4, -0.2) is 26.5 Å². The van der Waals surface area contributed by atoms with E-state index in [2.05, 4.69) is 62.1 Å². The Morgan fingerprint density at radius 2 is 1.77 bits per heavy atom. The van der Waals surface area contributed by atoms with Crippen molar-refractivity contribution in [2.75, 3.05) is 11.4 Å². The maximum atomic E-state index is 4.64. The molecule has 2 aromatic heterocycles. The minimum atomic E-state index is 0.934. The maximum absolute atomic E-state index is 4.64. The van der Waals surface area contributed by atoms with Crippen LogP contribution in [0.1, 0.15) is 11.1 Å². The van der Waals surface area contributed by atoms with E-state index in [0.29, 0.717) is 0 Å². The molecule has 0 saturated carbocycles. The number of hydrogen-bond acceptors (Lipinski definition) is 5. The van der Waals surface area contributed by atoms with E-state index in [1.807, 2.05) is 18.5 Å². The summed E-state index contributed by atoms with van der Waals surface area (Å²) in [6.07, 6.45) is 7.88. The fraction of sp³-hybridized carbons (Fsp3) is 0.143. The number of hydrogen-bond donors (Lipinski definition) is 0. The van der Waals surface area contributed by atoms with Gasteiger partial charge in [-0.25, -0.2) is 19.9 Å². The molecule has 2 aromatic carbocycles. The van der Waals surface area contributed by atoms with Gasteiger partial charge in [0.25, 0.3) is 0 Å². The lowest BCUT2D eigenvalue weighted by Crippen LogP contribution is -2.15. The van der Waals surface area contributed by atoms with Gasteiger partial charge in [-0.2, -0.15) is 0 Å². The molecular weight excluding hydrogens is 322 g/mol. The predicted octanol–water partition coefficient (Wildman–Crippen LogP) is 4.09. The number of fused-ring (bicyclic) bond motifs is 2. The van der Waals surface area contributed by atoms with Gasteiger partial charge >= 0.3 is 0 Å². The highest BCUT2D eigenvalue weighted by Gasteiger charge is 2.23. The summed E-state index contributed by atoms with van der Waals surface area (Å²) >= 11 is 0. The van der Waals surface area contributed by atoms with Crippen molar-refractivity contribution in [3.05, 3.63) is 72.6 Å². The predicted molar refractivity (Wildman–Crippen MR) is 102 cm³/mol. The molecule has 0 aliphatic carbocycles. The van der Waals surface area contributed by atoms with Crippen molar-refractivity contribution in [3.8, 4) is 11.1 Å². The average molecular weight is 339 g/mol. The normalized spacial score (nSPS) is 13.2. The first-order chi connectivity index (χ1) is 12.8. The van der Waals surface area contributed by atoms with Crippen LogP contribution < -0.4 is 4.90 Å². The quantitative estimate of drug-likeness (QED) is 0.550. The van der Waals surface area contributed by atoms with Crippen molar-refractivity contribution in [3.63, 3.8) is 0 Å². The zero-order valence-electron chi connectivity index (χ0n) is 14.4. The first-order valence-electron chi connectivity index (χ1n) is 8.67. The standard InChI is InChI=1S/C21H17N5/c1-14-2-3-15-6-7-26(20(15)8-14)21-18-9-16(17-10-22-12-23-11-17)4-5-19(18)24-13-25-21/h2-5,8-13H,6-7H2,1H3. The second-order valence-corrected chi connectivity index (χ2v) is 6.59. The Hall–Kier alpha value is -3.34. The molecule has 0 saturated heterocycles. The van der Waals surface area contributed by atoms with Crippen molar-refractivity contribution < 1.29 is 0 Å². The lowest BCUT2D eigenvalue weighted by Gasteiger charge is -2.20. The first-order valence-corrected chi connectivity index (χ1v) is 8.67. The monoisotopic (exact) mass is 339 g/mol. The molecule has 26 heavy (non-hydrogen) atoms. The number of aromatic nitrogens is 4. The molecule has 0 bridgehead atoms. The van der Waals surface area contributed by atoms with Crippen LogP contribution in [0.2, 0.25) is 0 Å². The van der Waals surface area contributed by atoms with E-state index in [4.69, 9.17) is 0 Å². The summed E-state index contributed by atoms with van der Waals surface area (Å²) < 4.78 is 0. The molecule has 0 amide bonds. The highest BCUT2D eigenvalue weighted by atomic mass is 15.2. The van der Waals surface area contributed by atoms with E-state index in [1.165, 1.54) is 16.8 Å². The van der Waals surface area contributed by atoms with Crippen LogP contribution in [-0.2, 0) is 6.42 Å². The van der Waals surface area contributed by atoms with Crippen molar-refractivity contribution in [2.45, 2.75) is 13.3 Å². The summed E-state index contributed by atoms with van der Waals surface area (Å²) in [5, 5.41) is 1.04. The summed E-state index contributed by atoms with van der Waals surface area (Å²) in [6, 6.07) is 12.9. The summed E-state index contributed by atoms with van der Waals surface area (Å²) in [4.78, 5) is 19.6. The van der Waals surface area contributed by atoms with Gasteiger partial charge in [0.1, 0.15) is 18.5 Å². The molecule has 5 heteroatoms. The highest BCUT2D eigenvalue weighted by Crippen LogP contribution is 2.37. The van der Waals surface area contributed by atoms with Crippen LogP contribution in [0.4, 0.5) is 11.5 Å². The summed E-state index contributed by atoms with van der Waals surface area (Å²) in [6.45, 7) is 3.06. The molecule has 0 spiro atoms. The summed E-state index contributed by atoms with van der Waals surface area (Å²) in [5.74, 6) is 0.957. The van der Waals surface area contributed by atoms with E-state index in [0.717, 1.165) is 40.8 Å². The highest BCUT2D eigenvalue weighted by molar-refractivity contribution is 5.95. The molecule has 5 nitrogen and oxygen atoms in total.